The van der Waals surface area contributed by atoms with Crippen LogP contribution in [0.5, 0.6) is 0 Å². The number of hydrogen-bond donors (Lipinski definition) is 1. The fraction of sp³-hybridized carbons (Fsp3) is 0.500. The Kier molecular flexibility index (Phi) is 16.4. The number of carbonyl (C=O) groups is 1. The molecule has 0 aliphatic carbocycles. The van der Waals surface area contributed by atoms with Gasteiger partial charge in [0.1, 0.15) is 11.5 Å². The third-order valence-corrected chi connectivity index (χ3v) is 3.91. The van der Waals surface area contributed by atoms with E-state index in [0.29, 0.717) is 18.6 Å². The minimum atomic E-state index is -0.500. The van der Waals surface area contributed by atoms with Crippen LogP contribution in [0.15, 0.2) is 40.9 Å². The summed E-state index contributed by atoms with van der Waals surface area (Å²) in [5.74, 6) is 1.29. The van der Waals surface area contributed by atoms with Gasteiger partial charge in [0.05, 0.1) is 13.2 Å². The summed E-state index contributed by atoms with van der Waals surface area (Å²) in [7, 11) is 1.40. The van der Waals surface area contributed by atoms with Gasteiger partial charge >= 0.3 is 35.5 Å². The molecule has 1 aromatic rings. The molecule has 1 aromatic heterocycles. The Morgan fingerprint density at radius 3 is 2.52 bits per heavy atom. The van der Waals surface area contributed by atoms with Crippen molar-refractivity contribution in [1.29, 1.82) is 0 Å². The van der Waals surface area contributed by atoms with Crippen molar-refractivity contribution in [2.45, 2.75) is 64.4 Å². The topological polar surface area (TPSA) is 59.7 Å². The summed E-state index contributed by atoms with van der Waals surface area (Å²) in [6.07, 6.45) is 18.5. The number of ether oxygens (including phenoxy) is 1. The number of unbranched alkanes of at least 4 members (excludes halogenated alkanes) is 4. The number of aliphatic hydroxyl groups is 1. The molecule has 0 radical (unpaired) electrons. The molecule has 0 saturated heterocycles. The molecule has 0 fully saturated rings. The molecule has 27 heavy (non-hydrogen) atoms. The first kappa shape index (κ1) is 25.9. The first-order chi connectivity index (χ1) is 12.7. The molecule has 4 nitrogen and oxygen atoms in total. The van der Waals surface area contributed by atoms with Gasteiger partial charge in [-0.2, -0.15) is 0 Å². The second kappa shape index (κ2) is 17.1. The van der Waals surface area contributed by atoms with E-state index >= 15 is 0 Å². The van der Waals surface area contributed by atoms with E-state index in [9.17, 15) is 9.90 Å². The van der Waals surface area contributed by atoms with Crippen LogP contribution in [0.4, 0.5) is 0 Å². The van der Waals surface area contributed by atoms with Gasteiger partial charge in [0.25, 0.3) is 0 Å². The quantitative estimate of drug-likeness (QED) is 0.228. The van der Waals surface area contributed by atoms with E-state index in [4.69, 9.17) is 4.42 Å². The molecule has 1 N–H and O–H groups in total. The van der Waals surface area contributed by atoms with Gasteiger partial charge in [0, 0.05) is 6.42 Å². The van der Waals surface area contributed by atoms with Crippen LogP contribution in [-0.4, -0.2) is 53.8 Å². The van der Waals surface area contributed by atoms with E-state index in [2.05, 4.69) is 17.7 Å². The Morgan fingerprint density at radius 1 is 1.11 bits per heavy atom. The van der Waals surface area contributed by atoms with E-state index in [-0.39, 0.29) is 35.5 Å². The summed E-state index contributed by atoms with van der Waals surface area (Å²) in [5, 5.41) is 9.95. The average molecular weight is 384 g/mol. The molecule has 0 aromatic carbocycles. The molecule has 1 rings (SSSR count). The number of furan rings is 1. The number of methoxy groups -OCH3 is 1. The molecule has 0 aliphatic rings. The predicted molar refractivity (Wildman–Crippen MR) is 114 cm³/mol. The fourth-order valence-corrected chi connectivity index (χ4v) is 2.36. The summed E-state index contributed by atoms with van der Waals surface area (Å²) in [6, 6.07) is 3.76. The van der Waals surface area contributed by atoms with Gasteiger partial charge < -0.3 is 14.3 Å². The van der Waals surface area contributed by atoms with Crippen LogP contribution in [0.2, 0.25) is 0 Å². The molecule has 146 valence electrons. The number of hydrogen-bond acceptors (Lipinski definition) is 4. The molecule has 0 bridgehead atoms. The van der Waals surface area contributed by atoms with Crippen molar-refractivity contribution in [2.75, 3.05) is 7.11 Å². The molecule has 0 saturated carbocycles. The van der Waals surface area contributed by atoms with Crippen molar-refractivity contribution >= 4 is 47.7 Å². The number of rotatable bonds is 13. The Bertz CT molecular complexity index is 587. The van der Waals surface area contributed by atoms with Crippen molar-refractivity contribution in [2.24, 2.45) is 0 Å². The third kappa shape index (κ3) is 13.7. The van der Waals surface area contributed by atoms with Gasteiger partial charge in [0.15, 0.2) is 0 Å². The van der Waals surface area contributed by atoms with Crippen LogP contribution in [0.3, 0.4) is 0 Å². The average Bonchev–Trinajstić information content (AvgIpc) is 3.10. The van der Waals surface area contributed by atoms with Gasteiger partial charge in [-0.1, -0.05) is 44.1 Å². The standard InChI is InChI=1S/C22H32O4.Na.H/c1-3-4-5-6-7-9-12-19(23)15-16-21-18-17-20(26-21)13-10-8-11-14-22(24)25-2;;/h7,9-10,13,15-19,23H,3-6,8,11-12,14H2,1-2H3;;/b9-7-,13-10?,16-15+;;. The fourth-order valence-electron chi connectivity index (χ4n) is 2.36. The summed E-state index contributed by atoms with van der Waals surface area (Å²) >= 11 is 0. The second-order valence-corrected chi connectivity index (χ2v) is 6.24. The van der Waals surface area contributed by atoms with Crippen LogP contribution in [-0.2, 0) is 9.53 Å². The van der Waals surface area contributed by atoms with Crippen LogP contribution >= 0.6 is 0 Å². The van der Waals surface area contributed by atoms with E-state index < -0.39 is 6.10 Å². The summed E-state index contributed by atoms with van der Waals surface area (Å²) in [6.45, 7) is 2.19. The van der Waals surface area contributed by atoms with E-state index in [1.165, 1.54) is 26.4 Å². The second-order valence-electron chi connectivity index (χ2n) is 6.24. The number of aliphatic hydroxyl groups excluding tert-OH is 1. The first-order valence-corrected chi connectivity index (χ1v) is 9.50. The summed E-state index contributed by atoms with van der Waals surface area (Å²) < 4.78 is 10.3. The Hall–Kier alpha value is -1.07. The zero-order valence-electron chi connectivity index (χ0n) is 16.0. The van der Waals surface area contributed by atoms with E-state index in [0.717, 1.165) is 25.0 Å². The maximum atomic E-state index is 11.0. The monoisotopic (exact) mass is 384 g/mol. The van der Waals surface area contributed by atoms with Crippen molar-refractivity contribution in [3.05, 3.63) is 48.0 Å². The van der Waals surface area contributed by atoms with Gasteiger partial charge in [-0.15, -0.1) is 0 Å². The summed E-state index contributed by atoms with van der Waals surface area (Å²) in [4.78, 5) is 11.0. The molecule has 1 atom stereocenters. The molecule has 0 spiro atoms. The van der Waals surface area contributed by atoms with E-state index in [1.54, 1.807) is 12.2 Å². The summed E-state index contributed by atoms with van der Waals surface area (Å²) in [5.41, 5.74) is 0. The van der Waals surface area contributed by atoms with E-state index in [1.807, 2.05) is 30.4 Å². The molecule has 0 aliphatic heterocycles. The Labute approximate surface area is 185 Å². The first-order valence-electron chi connectivity index (χ1n) is 9.50. The van der Waals surface area contributed by atoms with Gasteiger partial charge in [-0.3, -0.25) is 4.79 Å². The molecule has 0 amide bonds. The van der Waals surface area contributed by atoms with Gasteiger partial charge in [0.2, 0.25) is 0 Å². The maximum absolute atomic E-state index is 11.0. The van der Waals surface area contributed by atoms with Crippen LogP contribution in [0.25, 0.3) is 12.2 Å². The third-order valence-electron chi connectivity index (χ3n) is 3.91. The number of esters is 1. The molecule has 1 unspecified atom stereocenters. The zero-order valence-corrected chi connectivity index (χ0v) is 16.0. The zero-order chi connectivity index (χ0) is 19.0. The van der Waals surface area contributed by atoms with Gasteiger partial charge in [-0.05, 0) is 56.4 Å². The normalized spacial score (nSPS) is 12.7. The van der Waals surface area contributed by atoms with Crippen molar-refractivity contribution in [1.82, 2.24) is 0 Å². The van der Waals surface area contributed by atoms with Crippen LogP contribution in [0, 0.1) is 0 Å². The molecular weight excluding hydrogens is 351 g/mol. The van der Waals surface area contributed by atoms with Gasteiger partial charge in [-0.25, -0.2) is 0 Å². The number of allylic oxidation sites excluding steroid dienone is 2. The predicted octanol–water partition coefficient (Wildman–Crippen LogP) is 4.89. The van der Waals surface area contributed by atoms with Crippen molar-refractivity contribution in [3.8, 4) is 0 Å². The SMILES string of the molecule is CCCCC/C=C\CC(O)/C=C/c1ccc(C=CCCCC(=O)OC)o1.[NaH]. The van der Waals surface area contributed by atoms with Crippen LogP contribution < -0.4 is 0 Å². The minimum absolute atomic E-state index is 0. The number of carbonyl (C=O) groups excluding carboxylic acids is 1. The Balaban J connectivity index is 0.00000676. The Morgan fingerprint density at radius 2 is 1.81 bits per heavy atom. The van der Waals surface area contributed by atoms with Crippen molar-refractivity contribution in [3.63, 3.8) is 0 Å². The molecular formula is C22H33NaO4. The van der Waals surface area contributed by atoms with Crippen molar-refractivity contribution < 1.29 is 19.1 Å². The molecule has 1 heterocycles. The van der Waals surface area contributed by atoms with Crippen LogP contribution in [0.1, 0.15) is 69.8 Å². The molecule has 5 heteroatoms.